The third-order valence-corrected chi connectivity index (χ3v) is 8.04. The van der Waals surface area contributed by atoms with E-state index in [9.17, 15) is 22.4 Å². The minimum atomic E-state index is -4.28. The Morgan fingerprint density at radius 2 is 1.64 bits per heavy atom. The van der Waals surface area contributed by atoms with Crippen molar-refractivity contribution in [2.45, 2.75) is 37.8 Å². The first-order chi connectivity index (χ1) is 18.6. The van der Waals surface area contributed by atoms with Crippen LogP contribution in [0.25, 0.3) is 0 Å². The van der Waals surface area contributed by atoms with E-state index in [2.05, 4.69) is 5.32 Å². The van der Waals surface area contributed by atoms with Crippen LogP contribution in [0.3, 0.4) is 0 Å². The molecular weight excluding hydrogens is 545 g/mol. The molecule has 0 aliphatic carbocycles. The molecule has 0 spiro atoms. The maximum Gasteiger partial charge on any atom is 0.264 e. The molecule has 39 heavy (non-hydrogen) atoms. The average Bonchev–Trinajstić information content (AvgIpc) is 2.93. The van der Waals surface area contributed by atoms with Gasteiger partial charge in [-0.3, -0.25) is 13.9 Å². The van der Waals surface area contributed by atoms with E-state index < -0.39 is 40.2 Å². The fourth-order valence-corrected chi connectivity index (χ4v) is 5.61. The summed E-state index contributed by atoms with van der Waals surface area (Å²) >= 11 is 5.98. The smallest absolute Gasteiger partial charge is 0.264 e. The zero-order chi connectivity index (χ0) is 28.6. The van der Waals surface area contributed by atoms with Crippen molar-refractivity contribution in [3.05, 3.63) is 89.2 Å². The number of anilines is 1. The number of nitrogens with zero attached hydrogens (tertiary/aromatic N) is 2. The lowest BCUT2D eigenvalue weighted by Crippen LogP contribution is -2.51. The molecule has 3 rings (SSSR count). The Labute approximate surface area is 233 Å². The topological polar surface area (TPSA) is 96.0 Å². The molecule has 0 aliphatic rings. The summed E-state index contributed by atoms with van der Waals surface area (Å²) in [5, 5.41) is 2.92. The molecule has 208 valence electrons. The molecule has 3 aromatic carbocycles. The Bertz CT molecular complexity index is 1390. The summed E-state index contributed by atoms with van der Waals surface area (Å²) in [5.41, 5.74) is 0.742. The number of carbonyl (C=O) groups excluding carboxylic acids is 2. The number of rotatable bonds is 12. The number of nitrogens with one attached hydrogen (secondary N) is 1. The monoisotopic (exact) mass is 575 g/mol. The molecule has 0 aromatic heterocycles. The molecule has 0 saturated heterocycles. The van der Waals surface area contributed by atoms with Gasteiger partial charge < -0.3 is 15.0 Å². The van der Waals surface area contributed by atoms with Crippen LogP contribution in [-0.4, -0.2) is 51.4 Å². The van der Waals surface area contributed by atoms with Crippen molar-refractivity contribution >= 4 is 39.1 Å². The highest BCUT2D eigenvalue weighted by Gasteiger charge is 2.34. The van der Waals surface area contributed by atoms with Gasteiger partial charge in [-0.2, -0.15) is 0 Å². The second-order valence-corrected chi connectivity index (χ2v) is 10.9. The predicted octanol–water partition coefficient (Wildman–Crippen LogP) is 4.63. The molecular formula is C28H31ClFN3O5S. The first kappa shape index (κ1) is 29.9. The van der Waals surface area contributed by atoms with E-state index in [-0.39, 0.29) is 35.9 Å². The highest BCUT2D eigenvalue weighted by atomic mass is 35.5. The maximum absolute atomic E-state index is 13.9. The van der Waals surface area contributed by atoms with Crippen LogP contribution in [0.1, 0.15) is 25.8 Å². The fourth-order valence-electron chi connectivity index (χ4n) is 4.06. The molecule has 0 heterocycles. The number of halogens is 2. The minimum Gasteiger partial charge on any atom is -0.492 e. The van der Waals surface area contributed by atoms with Crippen LogP contribution in [0.15, 0.2) is 77.7 Å². The van der Waals surface area contributed by atoms with Gasteiger partial charge in [0.15, 0.2) is 0 Å². The highest BCUT2D eigenvalue weighted by molar-refractivity contribution is 7.92. The van der Waals surface area contributed by atoms with Gasteiger partial charge in [0.25, 0.3) is 10.0 Å². The Balaban J connectivity index is 2.10. The Hall–Kier alpha value is -3.63. The molecule has 2 amide bonds. The number of ether oxygens (including phenoxy) is 1. The molecule has 0 aliphatic heterocycles. The molecule has 1 unspecified atom stereocenters. The van der Waals surface area contributed by atoms with E-state index in [1.807, 2.05) is 0 Å². The summed E-state index contributed by atoms with van der Waals surface area (Å²) < 4.78 is 48.0. The van der Waals surface area contributed by atoms with E-state index in [0.717, 1.165) is 4.31 Å². The second kappa shape index (κ2) is 13.4. The standard InChI is InChI=1S/C28H31ClFN3O5S/c1-4-24(28(35)31-3)32(18-20-10-14-22(30)15-11-20)27(34)19-33(25-8-6-7-9-26(25)38-5-2)39(36,37)23-16-12-21(29)13-17-23/h6-17,24H,4-5,18-19H2,1-3H3,(H,31,35). The van der Waals surface area contributed by atoms with Crippen molar-refractivity contribution in [1.82, 2.24) is 10.2 Å². The summed E-state index contributed by atoms with van der Waals surface area (Å²) in [6.45, 7) is 3.12. The predicted molar refractivity (Wildman–Crippen MR) is 149 cm³/mol. The normalized spacial score (nSPS) is 11.9. The number of likely N-dealkylation sites (N-methyl/N-ethyl adjacent to an activating group) is 1. The van der Waals surface area contributed by atoms with Crippen LogP contribution < -0.4 is 14.4 Å². The van der Waals surface area contributed by atoms with Crippen molar-refractivity contribution in [3.63, 3.8) is 0 Å². The largest absolute Gasteiger partial charge is 0.492 e. The number of benzene rings is 3. The summed E-state index contributed by atoms with van der Waals surface area (Å²) in [4.78, 5) is 27.9. The van der Waals surface area contributed by atoms with Crippen molar-refractivity contribution < 1.29 is 27.1 Å². The van der Waals surface area contributed by atoms with Crippen LogP contribution in [0.4, 0.5) is 10.1 Å². The van der Waals surface area contributed by atoms with Gasteiger partial charge in [0.2, 0.25) is 11.8 Å². The van der Waals surface area contributed by atoms with E-state index in [4.69, 9.17) is 16.3 Å². The SMILES string of the molecule is CCOc1ccccc1N(CC(=O)N(Cc1ccc(F)cc1)C(CC)C(=O)NC)S(=O)(=O)c1ccc(Cl)cc1. The Morgan fingerprint density at radius 3 is 2.23 bits per heavy atom. The Morgan fingerprint density at radius 1 is 1.00 bits per heavy atom. The van der Waals surface area contributed by atoms with Crippen LogP contribution in [0.2, 0.25) is 5.02 Å². The third kappa shape index (κ3) is 7.27. The molecule has 11 heteroatoms. The number of para-hydroxylation sites is 2. The maximum atomic E-state index is 13.9. The molecule has 0 fully saturated rings. The van der Waals surface area contributed by atoms with E-state index in [0.29, 0.717) is 10.6 Å². The highest BCUT2D eigenvalue weighted by Crippen LogP contribution is 2.33. The van der Waals surface area contributed by atoms with Crippen LogP contribution in [-0.2, 0) is 26.2 Å². The molecule has 8 nitrogen and oxygen atoms in total. The van der Waals surface area contributed by atoms with Crippen molar-refractivity contribution in [2.75, 3.05) is 24.5 Å². The van der Waals surface area contributed by atoms with Crippen molar-refractivity contribution in [2.24, 2.45) is 0 Å². The van der Waals surface area contributed by atoms with Gasteiger partial charge >= 0.3 is 0 Å². The zero-order valence-corrected chi connectivity index (χ0v) is 23.5. The molecule has 0 bridgehead atoms. The summed E-state index contributed by atoms with van der Waals surface area (Å²) in [7, 11) is -2.82. The molecule has 1 N–H and O–H groups in total. The number of hydrogen-bond acceptors (Lipinski definition) is 5. The zero-order valence-electron chi connectivity index (χ0n) is 21.9. The third-order valence-electron chi connectivity index (χ3n) is 6.01. The second-order valence-electron chi connectivity index (χ2n) is 8.55. The average molecular weight is 576 g/mol. The fraction of sp³-hybridized carbons (Fsp3) is 0.286. The lowest BCUT2D eigenvalue weighted by Gasteiger charge is -2.33. The summed E-state index contributed by atoms with van der Waals surface area (Å²) in [6, 6.07) is 16.8. The molecule has 0 saturated carbocycles. The number of hydrogen-bond donors (Lipinski definition) is 1. The van der Waals surface area contributed by atoms with Crippen LogP contribution >= 0.6 is 11.6 Å². The number of amides is 2. The van der Waals surface area contributed by atoms with Crippen LogP contribution in [0, 0.1) is 5.82 Å². The minimum absolute atomic E-state index is 0.0347. The van der Waals surface area contributed by atoms with Gasteiger partial charge in [-0.15, -0.1) is 0 Å². The number of carbonyl (C=O) groups is 2. The quantitative estimate of drug-likeness (QED) is 0.340. The first-order valence-corrected chi connectivity index (χ1v) is 14.2. The summed E-state index contributed by atoms with van der Waals surface area (Å²) in [5.74, 6) is -1.20. The van der Waals surface area contributed by atoms with Gasteiger partial charge in [0, 0.05) is 18.6 Å². The first-order valence-electron chi connectivity index (χ1n) is 12.4. The molecule has 3 aromatic rings. The van der Waals surface area contributed by atoms with Gasteiger partial charge in [-0.1, -0.05) is 42.8 Å². The summed E-state index contributed by atoms with van der Waals surface area (Å²) in [6.07, 6.45) is 0.270. The van der Waals surface area contributed by atoms with Gasteiger partial charge in [0.1, 0.15) is 24.2 Å². The molecule has 1 atom stereocenters. The van der Waals surface area contributed by atoms with Gasteiger partial charge in [0.05, 0.1) is 17.2 Å². The number of sulfonamides is 1. The van der Waals surface area contributed by atoms with Gasteiger partial charge in [-0.05, 0) is 67.4 Å². The van der Waals surface area contributed by atoms with E-state index in [1.54, 1.807) is 38.1 Å². The van der Waals surface area contributed by atoms with Crippen molar-refractivity contribution in [1.29, 1.82) is 0 Å². The van der Waals surface area contributed by atoms with Gasteiger partial charge in [-0.25, -0.2) is 12.8 Å². The lowest BCUT2D eigenvalue weighted by molar-refractivity contribution is -0.140. The molecule has 0 radical (unpaired) electrons. The van der Waals surface area contributed by atoms with E-state index in [1.165, 1.54) is 60.5 Å². The van der Waals surface area contributed by atoms with Crippen LogP contribution in [0.5, 0.6) is 5.75 Å². The Kier molecular flexibility index (Phi) is 10.3. The lowest BCUT2D eigenvalue weighted by atomic mass is 10.1. The van der Waals surface area contributed by atoms with E-state index >= 15 is 0 Å². The van der Waals surface area contributed by atoms with Crippen molar-refractivity contribution in [3.8, 4) is 5.75 Å².